The number of nitrogens with zero attached hydrogens (tertiary/aromatic N) is 2. The molecule has 2 aromatic rings. The average Bonchev–Trinajstić information content (AvgIpc) is 3.13. The fourth-order valence-electron chi connectivity index (χ4n) is 3.14. The average molecular weight is 430 g/mol. The highest BCUT2D eigenvalue weighted by Crippen LogP contribution is 2.33. The van der Waals surface area contributed by atoms with Crippen molar-refractivity contribution in [3.8, 4) is 5.75 Å². The van der Waals surface area contributed by atoms with Crippen molar-refractivity contribution in [2.24, 2.45) is 5.73 Å². The van der Waals surface area contributed by atoms with Gasteiger partial charge in [0.1, 0.15) is 11.8 Å². The van der Waals surface area contributed by atoms with E-state index in [4.69, 9.17) is 22.1 Å². The van der Waals surface area contributed by atoms with Gasteiger partial charge in [0.05, 0.1) is 7.11 Å². The van der Waals surface area contributed by atoms with Crippen LogP contribution >= 0.6 is 22.9 Å². The molecule has 0 radical (unpaired) electrons. The van der Waals surface area contributed by atoms with E-state index in [1.807, 2.05) is 4.90 Å². The Morgan fingerprint density at radius 2 is 1.81 bits per heavy atom. The van der Waals surface area contributed by atoms with Crippen molar-refractivity contribution in [1.29, 1.82) is 0 Å². The van der Waals surface area contributed by atoms with Gasteiger partial charge in [-0.1, -0.05) is 23.7 Å². The maximum Gasteiger partial charge on any atom is 0.256 e. The van der Waals surface area contributed by atoms with Crippen molar-refractivity contribution in [2.75, 3.05) is 33.3 Å². The lowest BCUT2D eigenvalue weighted by Crippen LogP contribution is -2.51. The van der Waals surface area contributed by atoms with E-state index in [0.29, 0.717) is 23.9 Å². The summed E-state index contributed by atoms with van der Waals surface area (Å²) >= 11 is 7.04. The van der Waals surface area contributed by atoms with Crippen LogP contribution in [0.5, 0.6) is 5.75 Å². The van der Waals surface area contributed by atoms with Gasteiger partial charge in [-0.05, 0) is 29.1 Å². The third-order valence-corrected chi connectivity index (χ3v) is 8.06. The topological polar surface area (TPSA) is 92.9 Å². The van der Waals surface area contributed by atoms with E-state index in [-0.39, 0.29) is 17.3 Å². The Morgan fingerprint density at radius 1 is 1.19 bits per heavy atom. The molecule has 3 rings (SSSR count). The Kier molecular flexibility index (Phi) is 6.07. The van der Waals surface area contributed by atoms with Gasteiger partial charge in [-0.2, -0.15) is 4.31 Å². The number of benzene rings is 1. The fourth-order valence-corrected chi connectivity index (χ4v) is 6.10. The molecule has 146 valence electrons. The van der Waals surface area contributed by atoms with Gasteiger partial charge in [-0.15, -0.1) is 11.3 Å². The molecule has 1 aromatic heterocycles. The van der Waals surface area contributed by atoms with Crippen LogP contribution in [0.15, 0.2) is 39.9 Å². The number of nitrogens with two attached hydrogens (primary N) is 1. The van der Waals surface area contributed by atoms with E-state index < -0.39 is 22.0 Å². The number of primary amides is 1. The fraction of sp³-hybridized carbons (Fsp3) is 0.353. The van der Waals surface area contributed by atoms with Gasteiger partial charge < -0.3 is 10.5 Å². The minimum atomic E-state index is -3.63. The predicted molar refractivity (Wildman–Crippen MR) is 105 cm³/mol. The first-order valence-electron chi connectivity index (χ1n) is 8.25. The minimum absolute atomic E-state index is 0.197. The summed E-state index contributed by atoms with van der Waals surface area (Å²) in [5.74, 6) is -0.132. The van der Waals surface area contributed by atoms with E-state index in [0.717, 1.165) is 16.9 Å². The van der Waals surface area contributed by atoms with Crippen LogP contribution in [0.3, 0.4) is 0 Å². The van der Waals surface area contributed by atoms with Gasteiger partial charge in [0.15, 0.2) is 4.21 Å². The third kappa shape index (κ3) is 4.12. The monoisotopic (exact) mass is 429 g/mol. The van der Waals surface area contributed by atoms with Crippen molar-refractivity contribution >= 4 is 38.9 Å². The van der Waals surface area contributed by atoms with Gasteiger partial charge in [0.25, 0.3) is 10.0 Å². The van der Waals surface area contributed by atoms with Crippen LogP contribution in [0.25, 0.3) is 0 Å². The number of piperazine rings is 1. The minimum Gasteiger partial charge on any atom is -0.494 e. The van der Waals surface area contributed by atoms with E-state index in [1.165, 1.54) is 11.4 Å². The first kappa shape index (κ1) is 20.1. The first-order chi connectivity index (χ1) is 12.8. The zero-order valence-corrected chi connectivity index (χ0v) is 17.1. The van der Waals surface area contributed by atoms with Gasteiger partial charge in [-0.25, -0.2) is 8.42 Å². The molecule has 2 heterocycles. The number of hydrogen-bond acceptors (Lipinski definition) is 6. The molecule has 1 aromatic carbocycles. The number of halogens is 1. The Bertz CT molecular complexity index is 907. The molecule has 7 nitrogen and oxygen atoms in total. The summed E-state index contributed by atoms with van der Waals surface area (Å²) in [5.41, 5.74) is 6.35. The van der Waals surface area contributed by atoms with Gasteiger partial charge in [0.2, 0.25) is 5.91 Å². The molecule has 0 spiro atoms. The molecule has 1 aliphatic rings. The van der Waals surface area contributed by atoms with Crippen LogP contribution in [-0.4, -0.2) is 56.8 Å². The first-order valence-corrected chi connectivity index (χ1v) is 10.9. The Balaban J connectivity index is 1.75. The summed E-state index contributed by atoms with van der Waals surface area (Å²) < 4.78 is 32.5. The molecule has 2 N–H and O–H groups in total. The van der Waals surface area contributed by atoms with Gasteiger partial charge in [-0.3, -0.25) is 9.69 Å². The molecule has 1 amide bonds. The number of amides is 1. The third-order valence-electron chi connectivity index (χ3n) is 4.48. The van der Waals surface area contributed by atoms with Crippen LogP contribution in [-0.2, 0) is 14.8 Å². The van der Waals surface area contributed by atoms with Crippen molar-refractivity contribution in [3.63, 3.8) is 0 Å². The predicted octanol–water partition coefficient (Wildman–Crippen LogP) is 1.94. The Hall–Kier alpha value is -1.65. The number of hydrogen-bond donors (Lipinski definition) is 1. The molecule has 27 heavy (non-hydrogen) atoms. The normalized spacial score (nSPS) is 17.6. The molecular weight excluding hydrogens is 410 g/mol. The van der Waals surface area contributed by atoms with Crippen LogP contribution in [0, 0.1) is 0 Å². The molecule has 1 fully saturated rings. The molecular formula is C17H20ClN3O4S2. The second-order valence-electron chi connectivity index (χ2n) is 6.07. The molecule has 0 saturated carbocycles. The van der Waals surface area contributed by atoms with Crippen LogP contribution in [0.4, 0.5) is 0 Å². The van der Waals surface area contributed by atoms with E-state index in [1.54, 1.807) is 35.7 Å². The number of thiophene rings is 1. The van der Waals surface area contributed by atoms with Crippen LogP contribution in [0.1, 0.15) is 11.6 Å². The maximum atomic E-state index is 12.9. The highest BCUT2D eigenvalue weighted by Gasteiger charge is 2.35. The van der Waals surface area contributed by atoms with Crippen LogP contribution in [0.2, 0.25) is 5.02 Å². The quantitative estimate of drug-likeness (QED) is 0.757. The molecule has 1 aliphatic heterocycles. The Labute approximate surface area is 167 Å². The van der Waals surface area contributed by atoms with Gasteiger partial charge in [0, 0.05) is 31.2 Å². The highest BCUT2D eigenvalue weighted by molar-refractivity contribution is 7.91. The number of carbonyl (C=O) groups excluding carboxylic acids is 1. The Morgan fingerprint density at radius 3 is 2.37 bits per heavy atom. The second kappa shape index (κ2) is 8.15. The van der Waals surface area contributed by atoms with Crippen molar-refractivity contribution in [1.82, 2.24) is 9.21 Å². The molecule has 1 atom stereocenters. The summed E-state index contributed by atoms with van der Waals surface area (Å²) in [6, 6.07) is 7.95. The molecule has 10 heteroatoms. The number of carbonyl (C=O) groups is 1. The van der Waals surface area contributed by atoms with Gasteiger partial charge >= 0.3 is 0 Å². The van der Waals surface area contributed by atoms with E-state index >= 15 is 0 Å². The SMILES string of the molecule is COc1ccsc1S(=O)(=O)N1CCN(C(C(N)=O)c2ccc(Cl)cc2)CC1. The number of sulfonamides is 1. The maximum absolute atomic E-state index is 12.9. The molecule has 0 bridgehead atoms. The highest BCUT2D eigenvalue weighted by atomic mass is 35.5. The van der Waals surface area contributed by atoms with Crippen molar-refractivity contribution in [3.05, 3.63) is 46.3 Å². The van der Waals surface area contributed by atoms with Crippen molar-refractivity contribution in [2.45, 2.75) is 10.3 Å². The lowest BCUT2D eigenvalue weighted by atomic mass is 10.0. The van der Waals surface area contributed by atoms with E-state index in [2.05, 4.69) is 0 Å². The second-order valence-corrected chi connectivity index (χ2v) is 9.56. The summed E-state index contributed by atoms with van der Waals surface area (Å²) in [7, 11) is -2.19. The number of methoxy groups -OCH3 is 1. The lowest BCUT2D eigenvalue weighted by molar-refractivity contribution is -0.124. The summed E-state index contributed by atoms with van der Waals surface area (Å²) in [6.45, 7) is 1.31. The molecule has 1 unspecified atom stereocenters. The zero-order chi connectivity index (χ0) is 19.6. The zero-order valence-electron chi connectivity index (χ0n) is 14.7. The van der Waals surface area contributed by atoms with Crippen molar-refractivity contribution < 1.29 is 17.9 Å². The summed E-state index contributed by atoms with van der Waals surface area (Å²) in [6.07, 6.45) is 0. The number of ether oxygens (including phenoxy) is 1. The summed E-state index contributed by atoms with van der Waals surface area (Å²) in [5, 5.41) is 2.26. The van der Waals surface area contributed by atoms with Crippen LogP contribution < -0.4 is 10.5 Å². The largest absolute Gasteiger partial charge is 0.494 e. The lowest BCUT2D eigenvalue weighted by Gasteiger charge is -2.37. The smallest absolute Gasteiger partial charge is 0.256 e. The van der Waals surface area contributed by atoms with E-state index in [9.17, 15) is 13.2 Å². The number of rotatable bonds is 6. The molecule has 1 saturated heterocycles. The molecule has 0 aliphatic carbocycles. The standard InChI is InChI=1S/C17H20ClN3O4S2/c1-25-14-6-11-26-17(14)27(23,24)21-9-7-20(8-10-21)15(16(19)22)12-2-4-13(18)5-3-12/h2-6,11,15H,7-10H2,1H3,(H2,19,22). The summed E-state index contributed by atoms with van der Waals surface area (Å²) in [4.78, 5) is 13.9.